The number of carbonyl (C=O) groups excluding carboxylic acids is 1. The van der Waals surface area contributed by atoms with E-state index in [9.17, 15) is 13.2 Å². The second-order valence-electron chi connectivity index (χ2n) is 8.13. The van der Waals surface area contributed by atoms with Gasteiger partial charge >= 0.3 is 0 Å². The van der Waals surface area contributed by atoms with Gasteiger partial charge in [0.2, 0.25) is 10.0 Å². The molecule has 2 aromatic rings. The molecule has 1 aromatic carbocycles. The molecule has 0 spiro atoms. The minimum atomic E-state index is -3.70. The number of carbonyl (C=O) groups is 1. The molecule has 2 aliphatic rings. The summed E-state index contributed by atoms with van der Waals surface area (Å²) in [7, 11) is -3.70. The van der Waals surface area contributed by atoms with Gasteiger partial charge in [0, 0.05) is 43.6 Å². The molecule has 1 saturated heterocycles. The van der Waals surface area contributed by atoms with Gasteiger partial charge in [0.05, 0.1) is 17.1 Å². The molecule has 0 radical (unpaired) electrons. The molecule has 1 aliphatic heterocycles. The van der Waals surface area contributed by atoms with Gasteiger partial charge in [0.15, 0.2) is 0 Å². The number of pyridine rings is 1. The van der Waals surface area contributed by atoms with Crippen LogP contribution in [0, 0.1) is 0 Å². The second-order valence-corrected chi connectivity index (χ2v) is 10.1. The summed E-state index contributed by atoms with van der Waals surface area (Å²) in [5.74, 6) is -0.143. The lowest BCUT2D eigenvalue weighted by Gasteiger charge is -2.34. The van der Waals surface area contributed by atoms with Gasteiger partial charge in [-0.1, -0.05) is 6.07 Å². The van der Waals surface area contributed by atoms with E-state index in [4.69, 9.17) is 4.74 Å². The van der Waals surface area contributed by atoms with Gasteiger partial charge < -0.3 is 9.64 Å². The Morgan fingerprint density at radius 2 is 1.80 bits per heavy atom. The van der Waals surface area contributed by atoms with E-state index in [1.165, 1.54) is 10.4 Å². The van der Waals surface area contributed by atoms with Crippen molar-refractivity contribution in [1.82, 2.24) is 14.2 Å². The minimum absolute atomic E-state index is 0.143. The number of morpholine rings is 1. The Kier molecular flexibility index (Phi) is 5.90. The fraction of sp³-hybridized carbons (Fsp3) is 0.455. The molecule has 2 heterocycles. The van der Waals surface area contributed by atoms with Gasteiger partial charge in [-0.3, -0.25) is 9.78 Å². The fourth-order valence-corrected chi connectivity index (χ4v) is 5.51. The smallest absolute Gasteiger partial charge is 0.254 e. The number of hydrogen-bond acceptors (Lipinski definition) is 5. The third-order valence-corrected chi connectivity index (χ3v) is 7.28. The summed E-state index contributed by atoms with van der Waals surface area (Å²) >= 11 is 0. The van der Waals surface area contributed by atoms with E-state index in [1.807, 2.05) is 30.9 Å². The number of rotatable bonds is 6. The van der Waals surface area contributed by atoms with E-state index in [2.05, 4.69) is 4.98 Å². The number of hydrogen-bond donors (Lipinski definition) is 0. The van der Waals surface area contributed by atoms with Crippen LogP contribution in [0.3, 0.4) is 0 Å². The van der Waals surface area contributed by atoms with Crippen molar-refractivity contribution in [2.75, 3.05) is 13.1 Å². The van der Waals surface area contributed by atoms with Crippen LogP contribution in [0.25, 0.3) is 0 Å². The van der Waals surface area contributed by atoms with E-state index >= 15 is 0 Å². The van der Waals surface area contributed by atoms with Crippen LogP contribution >= 0.6 is 0 Å². The number of benzene rings is 1. The Morgan fingerprint density at radius 3 is 2.43 bits per heavy atom. The summed E-state index contributed by atoms with van der Waals surface area (Å²) < 4.78 is 33.5. The normalized spacial score (nSPS) is 22.6. The topological polar surface area (TPSA) is 79.8 Å². The van der Waals surface area contributed by atoms with Crippen LogP contribution in [0.5, 0.6) is 0 Å². The molecule has 1 aliphatic carbocycles. The van der Waals surface area contributed by atoms with Crippen molar-refractivity contribution in [3.63, 3.8) is 0 Å². The van der Waals surface area contributed by atoms with E-state index < -0.39 is 10.0 Å². The van der Waals surface area contributed by atoms with Crippen molar-refractivity contribution < 1.29 is 17.9 Å². The van der Waals surface area contributed by atoms with Crippen LogP contribution in [0.2, 0.25) is 0 Å². The third kappa shape index (κ3) is 4.55. The zero-order chi connectivity index (χ0) is 21.3. The Labute approximate surface area is 177 Å². The first kappa shape index (κ1) is 21.0. The zero-order valence-electron chi connectivity index (χ0n) is 17.3. The molecular formula is C22H27N3O4S. The predicted molar refractivity (Wildman–Crippen MR) is 112 cm³/mol. The number of aromatic nitrogens is 1. The average Bonchev–Trinajstić information content (AvgIpc) is 3.57. The molecule has 1 aromatic heterocycles. The largest absolute Gasteiger partial charge is 0.373 e. The lowest BCUT2D eigenvalue weighted by atomic mass is 10.1. The SMILES string of the molecule is CC1CN(S(=O)(=O)c2cccc(C(=O)N(Cc3ccncc3)C3CC3)c2)CC(C)O1. The molecule has 0 N–H and O–H groups in total. The van der Waals surface area contributed by atoms with Gasteiger partial charge in [-0.25, -0.2) is 8.42 Å². The summed E-state index contributed by atoms with van der Waals surface area (Å²) in [5.41, 5.74) is 1.40. The van der Waals surface area contributed by atoms with Crippen LogP contribution in [-0.4, -0.2) is 59.9 Å². The Hall–Kier alpha value is -2.29. The number of nitrogens with zero attached hydrogens (tertiary/aromatic N) is 3. The lowest BCUT2D eigenvalue weighted by Crippen LogP contribution is -2.48. The maximum Gasteiger partial charge on any atom is 0.254 e. The summed E-state index contributed by atoms with van der Waals surface area (Å²) in [6.07, 6.45) is 5.03. The number of amides is 1. The molecule has 0 bridgehead atoms. The molecule has 7 nitrogen and oxygen atoms in total. The maximum absolute atomic E-state index is 13.3. The third-order valence-electron chi connectivity index (χ3n) is 5.46. The number of sulfonamides is 1. The van der Waals surface area contributed by atoms with Crippen molar-refractivity contribution in [3.05, 3.63) is 59.9 Å². The van der Waals surface area contributed by atoms with Crippen molar-refractivity contribution in [2.24, 2.45) is 0 Å². The first-order chi connectivity index (χ1) is 14.3. The summed E-state index contributed by atoms with van der Waals surface area (Å²) in [6.45, 7) is 4.83. The van der Waals surface area contributed by atoms with E-state index in [1.54, 1.807) is 30.6 Å². The average molecular weight is 430 g/mol. The highest BCUT2D eigenvalue weighted by molar-refractivity contribution is 7.89. The zero-order valence-corrected chi connectivity index (χ0v) is 18.1. The number of ether oxygens (including phenoxy) is 1. The highest BCUT2D eigenvalue weighted by Gasteiger charge is 2.35. The Bertz CT molecular complexity index is 998. The van der Waals surface area contributed by atoms with E-state index in [0.717, 1.165) is 18.4 Å². The maximum atomic E-state index is 13.3. The van der Waals surface area contributed by atoms with Gasteiger partial charge in [-0.2, -0.15) is 4.31 Å². The van der Waals surface area contributed by atoms with Crippen molar-refractivity contribution in [2.45, 2.75) is 56.4 Å². The lowest BCUT2D eigenvalue weighted by molar-refractivity contribution is -0.0440. The fourth-order valence-electron chi connectivity index (χ4n) is 3.87. The molecule has 2 unspecified atom stereocenters. The second kappa shape index (κ2) is 8.45. The molecule has 160 valence electrons. The molecular weight excluding hydrogens is 402 g/mol. The molecule has 4 rings (SSSR count). The first-order valence-corrected chi connectivity index (χ1v) is 11.7. The van der Waals surface area contributed by atoms with E-state index in [-0.39, 0.29) is 29.1 Å². The van der Waals surface area contributed by atoms with Crippen LogP contribution in [-0.2, 0) is 21.3 Å². The highest BCUT2D eigenvalue weighted by Crippen LogP contribution is 2.30. The quantitative estimate of drug-likeness (QED) is 0.705. The van der Waals surface area contributed by atoms with Gasteiger partial charge in [-0.15, -0.1) is 0 Å². The van der Waals surface area contributed by atoms with Gasteiger partial charge in [0.1, 0.15) is 0 Å². The Morgan fingerprint density at radius 1 is 1.13 bits per heavy atom. The van der Waals surface area contributed by atoms with Gasteiger partial charge in [0.25, 0.3) is 5.91 Å². The van der Waals surface area contributed by atoms with E-state index in [0.29, 0.717) is 25.2 Å². The van der Waals surface area contributed by atoms with Crippen LogP contribution in [0.1, 0.15) is 42.6 Å². The van der Waals surface area contributed by atoms with Crippen molar-refractivity contribution in [1.29, 1.82) is 0 Å². The Balaban J connectivity index is 1.58. The summed E-state index contributed by atoms with van der Waals surface area (Å²) in [4.78, 5) is 19.3. The molecule has 30 heavy (non-hydrogen) atoms. The molecule has 2 fully saturated rings. The summed E-state index contributed by atoms with van der Waals surface area (Å²) in [6, 6.07) is 10.4. The molecule has 1 amide bonds. The van der Waals surface area contributed by atoms with Crippen LogP contribution < -0.4 is 0 Å². The summed E-state index contributed by atoms with van der Waals surface area (Å²) in [5, 5.41) is 0. The van der Waals surface area contributed by atoms with Crippen molar-refractivity contribution in [3.8, 4) is 0 Å². The standard InChI is InChI=1S/C22H27N3O4S/c1-16-13-24(14-17(2)29-16)30(27,28)21-5-3-4-19(12-21)22(26)25(20-6-7-20)15-18-8-10-23-11-9-18/h3-5,8-12,16-17,20H,6-7,13-15H2,1-2H3. The van der Waals surface area contributed by atoms with Crippen molar-refractivity contribution >= 4 is 15.9 Å². The van der Waals surface area contributed by atoms with Crippen LogP contribution in [0.4, 0.5) is 0 Å². The monoisotopic (exact) mass is 429 g/mol. The van der Waals surface area contributed by atoms with Gasteiger partial charge in [-0.05, 0) is 62.6 Å². The molecule has 1 saturated carbocycles. The minimum Gasteiger partial charge on any atom is -0.373 e. The highest BCUT2D eigenvalue weighted by atomic mass is 32.2. The molecule has 8 heteroatoms. The molecule has 2 atom stereocenters. The predicted octanol–water partition coefficient (Wildman–Crippen LogP) is 2.68. The van der Waals surface area contributed by atoms with Crippen LogP contribution in [0.15, 0.2) is 53.7 Å². The first-order valence-electron chi connectivity index (χ1n) is 10.3.